The first-order valence-corrected chi connectivity index (χ1v) is 10.2. The van der Waals surface area contributed by atoms with Crippen molar-refractivity contribution >= 4 is 29.3 Å². The van der Waals surface area contributed by atoms with Crippen LogP contribution in [0.25, 0.3) is 6.08 Å². The fourth-order valence-corrected chi connectivity index (χ4v) is 3.64. The molecule has 0 atom stereocenters. The van der Waals surface area contributed by atoms with E-state index in [0.29, 0.717) is 22.0 Å². The average molecular weight is 431 g/mol. The fraction of sp³-hybridized carbons (Fsp3) is 0.154. The molecule has 0 aliphatic carbocycles. The highest BCUT2D eigenvalue weighted by atomic mass is 35.5. The van der Waals surface area contributed by atoms with Crippen LogP contribution >= 0.6 is 11.6 Å². The third kappa shape index (κ3) is 5.75. The summed E-state index contributed by atoms with van der Waals surface area (Å²) in [6.07, 6.45) is 2.27. The van der Waals surface area contributed by atoms with Crippen LogP contribution < -0.4 is 10.1 Å². The van der Waals surface area contributed by atoms with Crippen molar-refractivity contribution < 1.29 is 9.53 Å². The Morgan fingerprint density at radius 1 is 1.10 bits per heavy atom. The van der Waals surface area contributed by atoms with Crippen molar-refractivity contribution in [3.05, 3.63) is 99.1 Å². The maximum absolute atomic E-state index is 12.5. The Morgan fingerprint density at radius 3 is 2.45 bits per heavy atom. The van der Waals surface area contributed by atoms with E-state index in [9.17, 15) is 10.1 Å². The second-order valence-electron chi connectivity index (χ2n) is 7.35. The number of benzene rings is 3. The van der Waals surface area contributed by atoms with Gasteiger partial charge in [-0.3, -0.25) is 4.79 Å². The molecule has 1 amide bonds. The van der Waals surface area contributed by atoms with E-state index in [1.54, 1.807) is 31.4 Å². The first-order chi connectivity index (χ1) is 14.9. The highest BCUT2D eigenvalue weighted by Crippen LogP contribution is 2.26. The number of hydrogen-bond acceptors (Lipinski definition) is 3. The summed E-state index contributed by atoms with van der Waals surface area (Å²) in [5.74, 6) is 0.186. The van der Waals surface area contributed by atoms with E-state index in [1.807, 2.05) is 24.3 Å². The molecule has 3 aromatic carbocycles. The number of halogens is 1. The lowest BCUT2D eigenvalue weighted by Crippen LogP contribution is -2.13. The molecule has 0 unspecified atom stereocenters. The summed E-state index contributed by atoms with van der Waals surface area (Å²) in [6.45, 7) is 4.16. The predicted molar refractivity (Wildman–Crippen MR) is 125 cm³/mol. The van der Waals surface area contributed by atoms with Gasteiger partial charge >= 0.3 is 0 Å². The Balaban J connectivity index is 1.84. The van der Waals surface area contributed by atoms with Crippen molar-refractivity contribution in [1.29, 1.82) is 5.26 Å². The summed E-state index contributed by atoms with van der Waals surface area (Å²) < 4.78 is 5.58. The van der Waals surface area contributed by atoms with Crippen LogP contribution in [-0.2, 0) is 11.2 Å². The van der Waals surface area contributed by atoms with E-state index < -0.39 is 5.91 Å². The number of aryl methyl sites for hydroxylation is 2. The van der Waals surface area contributed by atoms with Gasteiger partial charge in [0.1, 0.15) is 17.4 Å². The molecule has 3 rings (SSSR count). The van der Waals surface area contributed by atoms with Gasteiger partial charge in [-0.15, -0.1) is 0 Å². The molecule has 0 fully saturated rings. The standard InChI is InChI=1S/C26H23ClN2O2/c1-17-10-18(2)12-20(11-17)14-21-9-8-19(15-25(21)31-3)13-22(16-28)26(30)29-24-7-5-4-6-23(24)27/h4-13,15H,14H2,1-3H3,(H,29,30)/b22-13+. The van der Waals surface area contributed by atoms with Gasteiger partial charge in [0.25, 0.3) is 5.91 Å². The predicted octanol–water partition coefficient (Wildman–Crippen LogP) is 6.10. The van der Waals surface area contributed by atoms with Crippen LogP contribution in [0.3, 0.4) is 0 Å². The van der Waals surface area contributed by atoms with Gasteiger partial charge in [-0.1, -0.05) is 65.2 Å². The number of rotatable bonds is 6. The summed E-state index contributed by atoms with van der Waals surface area (Å²) in [5.41, 5.74) is 5.81. The quantitative estimate of drug-likeness (QED) is 0.379. The van der Waals surface area contributed by atoms with E-state index in [4.69, 9.17) is 16.3 Å². The molecule has 0 heterocycles. The zero-order valence-electron chi connectivity index (χ0n) is 17.7. The van der Waals surface area contributed by atoms with Crippen molar-refractivity contribution in [2.75, 3.05) is 12.4 Å². The number of nitriles is 1. The molecule has 4 nitrogen and oxygen atoms in total. The lowest BCUT2D eigenvalue weighted by Gasteiger charge is -2.11. The van der Waals surface area contributed by atoms with Crippen LogP contribution in [0.4, 0.5) is 5.69 Å². The molecule has 3 aromatic rings. The SMILES string of the molecule is COc1cc(/C=C(\C#N)C(=O)Nc2ccccc2Cl)ccc1Cc1cc(C)cc(C)c1. The summed E-state index contributed by atoms with van der Waals surface area (Å²) in [4.78, 5) is 12.5. The molecule has 0 radical (unpaired) electrons. The molecule has 0 saturated carbocycles. The van der Waals surface area contributed by atoms with Crippen LogP contribution in [-0.4, -0.2) is 13.0 Å². The topological polar surface area (TPSA) is 62.1 Å². The molecule has 0 aliphatic heterocycles. The first kappa shape index (κ1) is 22.1. The fourth-order valence-electron chi connectivity index (χ4n) is 3.46. The molecule has 0 aromatic heterocycles. The monoisotopic (exact) mass is 430 g/mol. The number of hydrogen-bond donors (Lipinski definition) is 1. The maximum Gasteiger partial charge on any atom is 0.266 e. The number of methoxy groups -OCH3 is 1. The summed E-state index contributed by atoms with van der Waals surface area (Å²) in [6, 6.07) is 21.0. The van der Waals surface area contributed by atoms with Crippen LogP contribution in [0, 0.1) is 25.2 Å². The van der Waals surface area contributed by atoms with Gasteiger partial charge in [0.2, 0.25) is 0 Å². The van der Waals surface area contributed by atoms with Crippen molar-refractivity contribution in [2.45, 2.75) is 20.3 Å². The number of carbonyl (C=O) groups excluding carboxylic acids is 1. The smallest absolute Gasteiger partial charge is 0.266 e. The minimum Gasteiger partial charge on any atom is -0.496 e. The highest BCUT2D eigenvalue weighted by Gasteiger charge is 2.12. The Morgan fingerprint density at radius 2 is 1.81 bits per heavy atom. The molecule has 0 aliphatic rings. The second kappa shape index (κ2) is 9.97. The zero-order chi connectivity index (χ0) is 22.4. The molecule has 156 valence electrons. The highest BCUT2D eigenvalue weighted by molar-refractivity contribution is 6.34. The van der Waals surface area contributed by atoms with Crippen molar-refractivity contribution in [2.24, 2.45) is 0 Å². The molecule has 0 bridgehead atoms. The van der Waals surface area contributed by atoms with E-state index in [-0.39, 0.29) is 5.57 Å². The number of nitrogens with one attached hydrogen (secondary N) is 1. The number of amides is 1. The van der Waals surface area contributed by atoms with Gasteiger partial charge < -0.3 is 10.1 Å². The average Bonchev–Trinajstić information content (AvgIpc) is 2.73. The van der Waals surface area contributed by atoms with Crippen LogP contribution in [0.15, 0.2) is 66.2 Å². The van der Waals surface area contributed by atoms with Crippen LogP contribution in [0.5, 0.6) is 5.75 Å². The molecular formula is C26H23ClN2O2. The Hall–Kier alpha value is -3.55. The normalized spacial score (nSPS) is 11.0. The third-order valence-electron chi connectivity index (χ3n) is 4.79. The molecule has 31 heavy (non-hydrogen) atoms. The Labute approximate surface area is 187 Å². The van der Waals surface area contributed by atoms with E-state index >= 15 is 0 Å². The van der Waals surface area contributed by atoms with Gasteiger partial charge in [-0.25, -0.2) is 0 Å². The van der Waals surface area contributed by atoms with E-state index in [1.165, 1.54) is 22.8 Å². The van der Waals surface area contributed by atoms with E-state index in [2.05, 4.69) is 37.4 Å². The maximum atomic E-state index is 12.5. The summed E-state index contributed by atoms with van der Waals surface area (Å²) in [5, 5.41) is 12.6. The molecule has 0 spiro atoms. The number of nitrogens with zero attached hydrogens (tertiary/aromatic N) is 1. The van der Waals surface area contributed by atoms with Crippen molar-refractivity contribution in [1.82, 2.24) is 0 Å². The summed E-state index contributed by atoms with van der Waals surface area (Å²) >= 11 is 6.09. The molecular weight excluding hydrogens is 408 g/mol. The Kier molecular flexibility index (Phi) is 7.12. The number of ether oxygens (including phenoxy) is 1. The van der Waals surface area contributed by atoms with Gasteiger partial charge in [0.05, 0.1) is 17.8 Å². The van der Waals surface area contributed by atoms with Crippen molar-refractivity contribution in [3.63, 3.8) is 0 Å². The lowest BCUT2D eigenvalue weighted by atomic mass is 9.98. The number of para-hydroxylation sites is 1. The first-order valence-electron chi connectivity index (χ1n) is 9.81. The van der Waals surface area contributed by atoms with E-state index in [0.717, 1.165) is 12.0 Å². The zero-order valence-corrected chi connectivity index (χ0v) is 18.5. The largest absolute Gasteiger partial charge is 0.496 e. The Bertz CT molecular complexity index is 1170. The van der Waals surface area contributed by atoms with Gasteiger partial charge in [-0.05, 0) is 54.8 Å². The lowest BCUT2D eigenvalue weighted by molar-refractivity contribution is -0.112. The minimum absolute atomic E-state index is 0.0240. The third-order valence-corrected chi connectivity index (χ3v) is 5.11. The minimum atomic E-state index is -0.520. The summed E-state index contributed by atoms with van der Waals surface area (Å²) in [7, 11) is 1.61. The van der Waals surface area contributed by atoms with Gasteiger partial charge in [-0.2, -0.15) is 5.26 Å². The molecule has 1 N–H and O–H groups in total. The van der Waals surface area contributed by atoms with Gasteiger partial charge in [0, 0.05) is 6.42 Å². The molecule has 5 heteroatoms. The second-order valence-corrected chi connectivity index (χ2v) is 7.76. The van der Waals surface area contributed by atoms with Crippen LogP contribution in [0.2, 0.25) is 5.02 Å². The van der Waals surface area contributed by atoms with Crippen molar-refractivity contribution in [3.8, 4) is 11.8 Å². The molecule has 0 saturated heterocycles. The van der Waals surface area contributed by atoms with Crippen LogP contribution in [0.1, 0.15) is 27.8 Å². The number of anilines is 1. The number of carbonyl (C=O) groups is 1. The van der Waals surface area contributed by atoms with Gasteiger partial charge in [0.15, 0.2) is 0 Å².